The maximum Gasteiger partial charge on any atom is 0.330 e. The summed E-state index contributed by atoms with van der Waals surface area (Å²) in [6.07, 6.45) is 3.89. The van der Waals surface area contributed by atoms with Crippen LogP contribution in [-0.4, -0.2) is 18.7 Å². The van der Waals surface area contributed by atoms with Gasteiger partial charge in [-0.1, -0.05) is 19.8 Å². The van der Waals surface area contributed by atoms with Crippen LogP contribution in [0.25, 0.3) is 0 Å². The topological polar surface area (TPSA) is 61.5 Å². The van der Waals surface area contributed by atoms with E-state index in [1.165, 1.54) is 0 Å². The van der Waals surface area contributed by atoms with E-state index < -0.39 is 0 Å². The van der Waals surface area contributed by atoms with Gasteiger partial charge in [-0.2, -0.15) is 5.90 Å². The van der Waals surface area contributed by atoms with Gasteiger partial charge in [-0.3, -0.25) is 0 Å². The summed E-state index contributed by atoms with van der Waals surface area (Å²) in [5.41, 5.74) is 0. The highest BCUT2D eigenvalue weighted by Gasteiger charge is 2.34. The highest BCUT2D eigenvalue weighted by atomic mass is 16.7. The van der Waals surface area contributed by atoms with Gasteiger partial charge in [0.1, 0.15) is 0 Å². The zero-order valence-electron chi connectivity index (χ0n) is 7.99. The minimum Gasteiger partial charge on any atom is -0.377 e. The number of unbranched alkanes of at least 4 members (excludes halogenated alkanes) is 1. The van der Waals surface area contributed by atoms with Gasteiger partial charge in [0.05, 0.1) is 12.0 Å². The quantitative estimate of drug-likeness (QED) is 0.667. The van der Waals surface area contributed by atoms with Gasteiger partial charge in [0, 0.05) is 6.61 Å². The van der Waals surface area contributed by atoms with Crippen LogP contribution in [0.2, 0.25) is 0 Å². The molecule has 1 saturated heterocycles. The van der Waals surface area contributed by atoms with Crippen LogP contribution in [-0.2, 0) is 14.4 Å². The van der Waals surface area contributed by atoms with Crippen LogP contribution in [0.3, 0.4) is 0 Å². The normalized spacial score (nSPS) is 27.5. The number of nitrogens with two attached hydrogens (primary N) is 1. The fourth-order valence-corrected chi connectivity index (χ4v) is 1.70. The van der Waals surface area contributed by atoms with Crippen LogP contribution in [0.4, 0.5) is 0 Å². The second kappa shape index (κ2) is 5.19. The van der Waals surface area contributed by atoms with Crippen molar-refractivity contribution < 1.29 is 14.4 Å². The molecule has 13 heavy (non-hydrogen) atoms. The monoisotopic (exact) mass is 187 g/mol. The number of hydrogen-bond acceptors (Lipinski definition) is 4. The van der Waals surface area contributed by atoms with E-state index >= 15 is 0 Å². The molecule has 0 aromatic rings. The van der Waals surface area contributed by atoms with Crippen LogP contribution < -0.4 is 5.90 Å². The van der Waals surface area contributed by atoms with Crippen LogP contribution in [0, 0.1) is 5.92 Å². The minimum absolute atomic E-state index is 0.0241. The molecule has 0 spiro atoms. The summed E-state index contributed by atoms with van der Waals surface area (Å²) in [4.78, 5) is 15.4. The van der Waals surface area contributed by atoms with Crippen molar-refractivity contribution in [2.75, 3.05) is 6.61 Å². The fraction of sp³-hybridized carbons (Fsp3) is 0.889. The van der Waals surface area contributed by atoms with Crippen molar-refractivity contribution in [2.24, 2.45) is 11.8 Å². The van der Waals surface area contributed by atoms with Crippen LogP contribution in [0.1, 0.15) is 32.6 Å². The van der Waals surface area contributed by atoms with Crippen molar-refractivity contribution in [3.63, 3.8) is 0 Å². The first-order valence-electron chi connectivity index (χ1n) is 4.81. The Morgan fingerprint density at radius 2 is 2.46 bits per heavy atom. The average molecular weight is 187 g/mol. The van der Waals surface area contributed by atoms with E-state index in [-0.39, 0.29) is 18.0 Å². The zero-order chi connectivity index (χ0) is 9.68. The van der Waals surface area contributed by atoms with Gasteiger partial charge < -0.3 is 9.57 Å². The summed E-state index contributed by atoms with van der Waals surface area (Å²) in [5.74, 6) is 4.36. The first-order valence-corrected chi connectivity index (χ1v) is 4.81. The van der Waals surface area contributed by atoms with E-state index in [1.54, 1.807) is 0 Å². The van der Waals surface area contributed by atoms with Crippen molar-refractivity contribution in [1.82, 2.24) is 0 Å². The maximum absolute atomic E-state index is 11.2. The lowest BCUT2D eigenvalue weighted by molar-refractivity contribution is -0.151. The molecule has 76 valence electrons. The molecule has 0 saturated carbocycles. The van der Waals surface area contributed by atoms with Crippen molar-refractivity contribution in [3.8, 4) is 0 Å². The van der Waals surface area contributed by atoms with Crippen molar-refractivity contribution >= 4 is 5.97 Å². The largest absolute Gasteiger partial charge is 0.377 e. The average Bonchev–Trinajstić information content (AvgIpc) is 2.61. The van der Waals surface area contributed by atoms with Crippen molar-refractivity contribution in [3.05, 3.63) is 0 Å². The predicted molar refractivity (Wildman–Crippen MR) is 47.7 cm³/mol. The molecular formula is C9H17NO3. The predicted octanol–water partition coefficient (Wildman–Crippen LogP) is 0.999. The van der Waals surface area contributed by atoms with E-state index in [1.807, 2.05) is 0 Å². The summed E-state index contributed by atoms with van der Waals surface area (Å²) in [7, 11) is 0. The molecule has 1 rings (SSSR count). The highest BCUT2D eigenvalue weighted by molar-refractivity contribution is 5.73. The maximum atomic E-state index is 11.2. The van der Waals surface area contributed by atoms with Gasteiger partial charge in [0.2, 0.25) is 0 Å². The van der Waals surface area contributed by atoms with Gasteiger partial charge in [0.25, 0.3) is 0 Å². The van der Waals surface area contributed by atoms with Gasteiger partial charge in [-0.05, 0) is 12.8 Å². The molecule has 0 aromatic heterocycles. The zero-order valence-corrected chi connectivity index (χ0v) is 7.99. The Hall–Kier alpha value is -0.610. The second-order valence-electron chi connectivity index (χ2n) is 3.38. The fourth-order valence-electron chi connectivity index (χ4n) is 1.70. The first-order chi connectivity index (χ1) is 6.29. The molecule has 4 nitrogen and oxygen atoms in total. The molecular weight excluding hydrogens is 170 g/mol. The summed E-state index contributed by atoms with van der Waals surface area (Å²) in [5, 5.41) is 0. The van der Waals surface area contributed by atoms with Crippen molar-refractivity contribution in [2.45, 2.75) is 38.7 Å². The number of carbonyl (C=O) groups is 1. The van der Waals surface area contributed by atoms with Crippen LogP contribution >= 0.6 is 0 Å². The Balaban J connectivity index is 2.39. The molecule has 0 amide bonds. The molecule has 1 aliphatic rings. The van der Waals surface area contributed by atoms with E-state index in [2.05, 4.69) is 11.8 Å². The van der Waals surface area contributed by atoms with E-state index in [0.717, 1.165) is 25.7 Å². The number of hydrogen-bond donors (Lipinski definition) is 1. The second-order valence-corrected chi connectivity index (χ2v) is 3.38. The number of ether oxygens (including phenoxy) is 1. The molecule has 4 heteroatoms. The lowest BCUT2D eigenvalue weighted by Gasteiger charge is -2.14. The third-order valence-electron chi connectivity index (χ3n) is 2.47. The Labute approximate surface area is 78.3 Å². The molecule has 2 N–H and O–H groups in total. The third-order valence-corrected chi connectivity index (χ3v) is 2.47. The smallest absolute Gasteiger partial charge is 0.330 e. The van der Waals surface area contributed by atoms with Gasteiger partial charge >= 0.3 is 5.97 Å². The standard InChI is InChI=1S/C9H17NO3/c1-2-3-4-8-7(5-6-12-8)9(11)13-10/h7-8H,2-6,10H2,1H3/t7-,8?/m1/s1. The molecule has 0 radical (unpaired) electrons. The summed E-state index contributed by atoms with van der Waals surface area (Å²) < 4.78 is 5.43. The van der Waals surface area contributed by atoms with Gasteiger partial charge in [-0.25, -0.2) is 4.79 Å². The Morgan fingerprint density at radius 1 is 1.69 bits per heavy atom. The van der Waals surface area contributed by atoms with E-state index in [4.69, 9.17) is 10.6 Å². The molecule has 0 bridgehead atoms. The van der Waals surface area contributed by atoms with Gasteiger partial charge in [0.15, 0.2) is 0 Å². The summed E-state index contributed by atoms with van der Waals surface area (Å²) >= 11 is 0. The molecule has 1 heterocycles. The Kier molecular flexibility index (Phi) is 4.18. The van der Waals surface area contributed by atoms with E-state index in [9.17, 15) is 4.79 Å². The SMILES string of the molecule is CCCCC1OCC[C@H]1C(=O)ON. The van der Waals surface area contributed by atoms with Crippen molar-refractivity contribution in [1.29, 1.82) is 0 Å². The Bertz CT molecular complexity index is 172. The highest BCUT2D eigenvalue weighted by Crippen LogP contribution is 2.25. The minimum atomic E-state index is -0.335. The molecule has 2 atom stereocenters. The van der Waals surface area contributed by atoms with Crippen LogP contribution in [0.5, 0.6) is 0 Å². The lowest BCUT2D eigenvalue weighted by Crippen LogP contribution is -2.28. The lowest BCUT2D eigenvalue weighted by atomic mass is 9.97. The first kappa shape index (κ1) is 10.5. The molecule has 1 unspecified atom stereocenters. The summed E-state index contributed by atoms with van der Waals surface area (Å²) in [6.45, 7) is 2.76. The molecule has 0 aromatic carbocycles. The van der Waals surface area contributed by atoms with Crippen LogP contribution in [0.15, 0.2) is 0 Å². The van der Waals surface area contributed by atoms with Gasteiger partial charge in [-0.15, -0.1) is 0 Å². The van der Waals surface area contributed by atoms with E-state index in [0.29, 0.717) is 6.61 Å². The molecule has 1 aliphatic heterocycles. The molecule has 1 fully saturated rings. The Morgan fingerprint density at radius 3 is 3.08 bits per heavy atom. The third kappa shape index (κ3) is 2.67. The number of rotatable bonds is 4. The number of carbonyl (C=O) groups excluding carboxylic acids is 1. The summed E-state index contributed by atoms with van der Waals surface area (Å²) in [6, 6.07) is 0. The molecule has 0 aliphatic carbocycles.